The molecule has 0 rings (SSSR count). The average Bonchev–Trinajstić information content (AvgIpc) is 3.11. The fourth-order valence-corrected chi connectivity index (χ4v) is 2.89. The van der Waals surface area contributed by atoms with Gasteiger partial charge in [0, 0.05) is 0 Å². The van der Waals surface area contributed by atoms with Crippen molar-refractivity contribution in [1.29, 1.82) is 0 Å². The van der Waals surface area contributed by atoms with Crippen molar-refractivity contribution in [3.63, 3.8) is 0 Å². The molecule has 28 heteroatoms. The van der Waals surface area contributed by atoms with E-state index in [0.717, 1.165) is 0 Å². The topological polar surface area (TPSA) is 520 Å². The normalized spacial score (nSPS) is 17.6. The van der Waals surface area contributed by atoms with Gasteiger partial charge in [-0.1, -0.05) is 0 Å². The van der Waals surface area contributed by atoms with Gasteiger partial charge in [-0.2, -0.15) is 0 Å². The molecule has 18 N–H and O–H groups in total. The second kappa shape index (κ2) is 29.2. The van der Waals surface area contributed by atoms with Crippen LogP contribution in [0.4, 0.5) is 0 Å². The number of hydrogen-bond donors (Lipinski definition) is 15. The second-order valence-electron chi connectivity index (χ2n) is 9.49. The van der Waals surface area contributed by atoms with E-state index in [2.05, 4.69) is 14.2 Å². The number of carboxylic acids is 3. The summed E-state index contributed by atoms with van der Waals surface area (Å²) in [5, 5.41) is 140. The van der Waals surface area contributed by atoms with E-state index in [-0.39, 0.29) is 17.1 Å². The van der Waals surface area contributed by atoms with E-state index in [1.807, 2.05) is 0 Å². The number of hydrogen-bond acceptors (Lipinski definition) is 27. The monoisotopic (exact) mass is 812 g/mol. The molecule has 0 saturated heterocycles. The molecule has 0 aromatic rings. The molecule has 0 unspecified atom stereocenters. The molecule has 27 nitrogen and oxygen atoms in total. The Balaban J connectivity index is -0.000000329. The molecule has 52 heavy (non-hydrogen) atoms. The van der Waals surface area contributed by atoms with Crippen molar-refractivity contribution in [3.05, 3.63) is 0 Å². The van der Waals surface area contributed by atoms with Crippen molar-refractivity contribution in [3.8, 4) is 0 Å². The summed E-state index contributed by atoms with van der Waals surface area (Å²) in [6, 6.07) is 0. The van der Waals surface area contributed by atoms with Crippen LogP contribution in [0.3, 0.4) is 0 Å². The van der Waals surface area contributed by atoms with Gasteiger partial charge in [0.1, 0.15) is 54.9 Å². The van der Waals surface area contributed by atoms with Crippen LogP contribution in [0.25, 0.3) is 0 Å². The first kappa shape index (κ1) is 55.5. The van der Waals surface area contributed by atoms with Gasteiger partial charge in [-0.15, -0.1) is 0 Å². The average molecular weight is 812 g/mol. The van der Waals surface area contributed by atoms with Gasteiger partial charge in [0.05, 0.1) is 57.4 Å². The zero-order valence-corrected chi connectivity index (χ0v) is 27.6. The Kier molecular flexibility index (Phi) is 31.2. The maximum atomic E-state index is 10.8. The Morgan fingerprint density at radius 2 is 0.596 bits per heavy atom. The molecule has 0 fully saturated rings. The van der Waals surface area contributed by atoms with Gasteiger partial charge in [-0.25, -0.2) is 0 Å². The van der Waals surface area contributed by atoms with Crippen LogP contribution < -0.4 is 32.5 Å². The maximum absolute atomic E-state index is 10.8. The van der Waals surface area contributed by atoms with E-state index in [9.17, 15) is 74.7 Å². The number of aliphatic hydroxyl groups is 12. The van der Waals surface area contributed by atoms with E-state index < -0.39 is 149 Å². The molecule has 0 aliphatic rings. The molecule has 0 aromatic carbocycles. The van der Waals surface area contributed by atoms with Crippen LogP contribution in [0.2, 0.25) is 0 Å². The largest absolute Gasteiger partial charge is 3.00 e. The standard InChI is InChI=1S/3C8H15NO8.Fe/c3*9-1-4(12)17-7(8(15)16)6(14)5(13)3(11)2-10;/h3*3,5-7,10-11,13-14H,1-2,9H2,(H,15,16);/q;;;+3/p-3/t3*3-,5-,6+,7-;/m111./s1. The van der Waals surface area contributed by atoms with Gasteiger partial charge in [-0.05, 0) is 0 Å². The zero-order chi connectivity index (χ0) is 40.8. The molecule has 0 amide bonds. The first-order chi connectivity index (χ1) is 23.5. The number of aliphatic hydroxyl groups excluding tert-OH is 12. The van der Waals surface area contributed by atoms with Crippen molar-refractivity contribution in [2.75, 3.05) is 39.5 Å². The molecule has 0 aliphatic carbocycles. The first-order valence-electron chi connectivity index (χ1n) is 13.8. The van der Waals surface area contributed by atoms with E-state index >= 15 is 0 Å². The molecule has 0 spiro atoms. The van der Waals surface area contributed by atoms with Crippen molar-refractivity contribution in [1.82, 2.24) is 0 Å². The van der Waals surface area contributed by atoms with Crippen molar-refractivity contribution < 1.29 is 137 Å². The minimum atomic E-state index is -2.19. The summed E-state index contributed by atoms with van der Waals surface area (Å²) in [5.41, 5.74) is 14.6. The summed E-state index contributed by atoms with van der Waals surface area (Å²) >= 11 is 0. The predicted molar refractivity (Wildman–Crippen MR) is 147 cm³/mol. The summed E-state index contributed by atoms with van der Waals surface area (Å²) < 4.78 is 12.6. The van der Waals surface area contributed by atoms with Gasteiger partial charge in [0.25, 0.3) is 0 Å². The number of ether oxygens (including phenoxy) is 3. The Labute approximate surface area is 302 Å². The fourth-order valence-electron chi connectivity index (χ4n) is 2.89. The smallest absolute Gasteiger partial charge is 0.546 e. The maximum Gasteiger partial charge on any atom is 3.00 e. The molecule has 0 heterocycles. The van der Waals surface area contributed by atoms with Crippen molar-refractivity contribution in [2.24, 2.45) is 17.2 Å². The molecule has 1 radical (unpaired) electrons. The van der Waals surface area contributed by atoms with Crippen LogP contribution in [-0.2, 0) is 60.0 Å². The molecule has 0 saturated carbocycles. The second-order valence-corrected chi connectivity index (χ2v) is 9.49. The van der Waals surface area contributed by atoms with Crippen molar-refractivity contribution in [2.45, 2.75) is 73.2 Å². The Bertz CT molecular complexity index is 946. The summed E-state index contributed by atoms with van der Waals surface area (Å²) in [6.07, 6.45) is -24.5. The summed E-state index contributed by atoms with van der Waals surface area (Å²) in [4.78, 5) is 63.9. The molecule has 0 aliphatic heterocycles. The Morgan fingerprint density at radius 3 is 0.712 bits per heavy atom. The minimum absolute atomic E-state index is 0. The van der Waals surface area contributed by atoms with Crippen LogP contribution in [0.1, 0.15) is 0 Å². The molecule has 12 atom stereocenters. The summed E-state index contributed by atoms with van der Waals surface area (Å²) in [6.45, 7) is -4.63. The number of carboxylic acid groups (broad SMARTS) is 3. The van der Waals surface area contributed by atoms with Crippen LogP contribution in [-0.4, -0.2) is 210 Å². The SMILES string of the molecule is NCC(=O)O[C@@H](C(=O)[O-])[C@@H](O)[C@H](O)[C@H](O)CO.NCC(=O)O[C@@H](C(=O)[O-])[C@@H](O)[C@H](O)[C@H](O)CO.NCC(=O)O[C@@H](C(=O)[O-])[C@@H](O)[C@H](O)[C@H](O)CO.[Fe+3]. The quantitative estimate of drug-likeness (QED) is 0.0291. The number of esters is 3. The van der Waals surface area contributed by atoms with Crippen LogP contribution in [0.5, 0.6) is 0 Å². The number of rotatable bonds is 21. The van der Waals surface area contributed by atoms with Gasteiger partial charge in [-0.3, -0.25) is 14.4 Å². The number of carbonyl (C=O) groups is 6. The molecular weight excluding hydrogens is 770 g/mol. The zero-order valence-electron chi connectivity index (χ0n) is 26.5. The van der Waals surface area contributed by atoms with Gasteiger partial charge < -0.3 is 122 Å². The Hall–Kier alpha value is -3.26. The predicted octanol–water partition coefficient (Wildman–Crippen LogP) is -16.0. The van der Waals surface area contributed by atoms with Crippen molar-refractivity contribution >= 4 is 35.8 Å². The first-order valence-corrected chi connectivity index (χ1v) is 13.8. The minimum Gasteiger partial charge on any atom is -0.546 e. The van der Waals surface area contributed by atoms with Gasteiger partial charge >= 0.3 is 35.0 Å². The summed E-state index contributed by atoms with van der Waals surface area (Å²) in [7, 11) is 0. The molecular formula is C24H42FeN3O24. The van der Waals surface area contributed by atoms with Gasteiger partial charge in [0.2, 0.25) is 0 Å². The third-order valence-corrected chi connectivity index (χ3v) is 5.70. The van der Waals surface area contributed by atoms with Crippen LogP contribution in [0.15, 0.2) is 0 Å². The third-order valence-electron chi connectivity index (χ3n) is 5.70. The fraction of sp³-hybridized carbons (Fsp3) is 0.750. The van der Waals surface area contributed by atoms with E-state index in [4.69, 9.17) is 47.8 Å². The third kappa shape index (κ3) is 20.7. The molecule has 305 valence electrons. The van der Waals surface area contributed by atoms with Crippen LogP contribution >= 0.6 is 0 Å². The number of carbonyl (C=O) groups excluding carboxylic acids is 6. The van der Waals surface area contributed by atoms with E-state index in [0.29, 0.717) is 0 Å². The Morgan fingerprint density at radius 1 is 0.423 bits per heavy atom. The summed E-state index contributed by atoms with van der Waals surface area (Å²) in [5.74, 6) is -9.31. The molecule has 0 bridgehead atoms. The van der Waals surface area contributed by atoms with Crippen LogP contribution in [0, 0.1) is 0 Å². The van der Waals surface area contributed by atoms with E-state index in [1.54, 1.807) is 0 Å². The number of aliphatic carboxylic acids is 3. The molecule has 0 aromatic heterocycles. The number of nitrogens with two attached hydrogens (primary N) is 3. The van der Waals surface area contributed by atoms with E-state index in [1.165, 1.54) is 0 Å². The van der Waals surface area contributed by atoms with Gasteiger partial charge in [0.15, 0.2) is 18.3 Å².